The van der Waals surface area contributed by atoms with Crippen LogP contribution in [0.4, 0.5) is 11.8 Å². The maximum Gasteiger partial charge on any atom is 0.228 e. The van der Waals surface area contributed by atoms with Crippen LogP contribution in [-0.2, 0) is 9.53 Å². The Hall–Kier alpha value is -2.54. The van der Waals surface area contributed by atoms with Gasteiger partial charge in [0.1, 0.15) is 5.82 Å². The first-order valence-corrected chi connectivity index (χ1v) is 10.1. The first-order valence-electron chi connectivity index (χ1n) is 10.1. The fraction of sp³-hybridized carbons (Fsp3) is 0.524. The van der Waals surface area contributed by atoms with Crippen molar-refractivity contribution in [1.82, 2.24) is 19.9 Å². The summed E-state index contributed by atoms with van der Waals surface area (Å²) in [4.78, 5) is 28.3. The second-order valence-electron chi connectivity index (χ2n) is 7.61. The fourth-order valence-electron chi connectivity index (χ4n) is 4.00. The van der Waals surface area contributed by atoms with E-state index in [0.717, 1.165) is 55.8 Å². The zero-order chi connectivity index (χ0) is 19.3. The van der Waals surface area contributed by atoms with E-state index in [1.807, 2.05) is 30.0 Å². The lowest BCUT2D eigenvalue weighted by Crippen LogP contribution is -2.43. The summed E-state index contributed by atoms with van der Waals surface area (Å²) in [5.41, 5.74) is 2.03. The standard InChI is InChI=1S/C21H27N5O2/c1-15-4-2-9-22-19(15)25-21-23-10-6-18(24-21)17-5-3-11-26(14-17)20(27)16-7-12-28-13-8-16/h2,4,6,9-10,16-17H,3,5,7-8,11-14H2,1H3,(H,22,23,24,25). The Morgan fingerprint density at radius 2 is 2.04 bits per heavy atom. The molecule has 0 aliphatic carbocycles. The summed E-state index contributed by atoms with van der Waals surface area (Å²) in [6.07, 6.45) is 7.25. The third kappa shape index (κ3) is 4.30. The molecule has 2 saturated heterocycles. The van der Waals surface area contributed by atoms with Crippen molar-refractivity contribution in [2.45, 2.75) is 38.5 Å². The summed E-state index contributed by atoms with van der Waals surface area (Å²) >= 11 is 0. The Labute approximate surface area is 165 Å². The highest BCUT2D eigenvalue weighted by Crippen LogP contribution is 2.28. The molecule has 7 nitrogen and oxygen atoms in total. The van der Waals surface area contributed by atoms with Crippen LogP contribution in [0.1, 0.15) is 42.9 Å². The Kier molecular flexibility index (Phi) is 5.81. The zero-order valence-electron chi connectivity index (χ0n) is 16.3. The number of anilines is 2. The van der Waals surface area contributed by atoms with E-state index in [9.17, 15) is 4.79 Å². The number of carbonyl (C=O) groups is 1. The molecule has 0 spiro atoms. The molecule has 0 bridgehead atoms. The zero-order valence-corrected chi connectivity index (χ0v) is 16.3. The van der Waals surface area contributed by atoms with E-state index < -0.39 is 0 Å². The van der Waals surface area contributed by atoms with Gasteiger partial charge in [-0.1, -0.05) is 6.07 Å². The number of amides is 1. The molecule has 1 unspecified atom stereocenters. The van der Waals surface area contributed by atoms with Crippen molar-refractivity contribution in [1.29, 1.82) is 0 Å². The average molecular weight is 381 g/mol. The molecule has 148 valence electrons. The van der Waals surface area contributed by atoms with Gasteiger partial charge < -0.3 is 15.0 Å². The van der Waals surface area contributed by atoms with E-state index in [1.165, 1.54) is 0 Å². The predicted octanol–water partition coefficient (Wildman–Crippen LogP) is 3.06. The van der Waals surface area contributed by atoms with Crippen LogP contribution in [0.2, 0.25) is 0 Å². The number of rotatable bonds is 4. The largest absolute Gasteiger partial charge is 0.381 e. The summed E-state index contributed by atoms with van der Waals surface area (Å²) < 4.78 is 5.40. The third-order valence-electron chi connectivity index (χ3n) is 5.64. The quantitative estimate of drug-likeness (QED) is 0.877. The smallest absolute Gasteiger partial charge is 0.228 e. The average Bonchev–Trinajstić information content (AvgIpc) is 2.76. The number of ether oxygens (including phenoxy) is 1. The molecule has 2 aromatic rings. The Morgan fingerprint density at radius 3 is 2.86 bits per heavy atom. The van der Waals surface area contributed by atoms with E-state index in [-0.39, 0.29) is 17.7 Å². The number of hydrogen-bond acceptors (Lipinski definition) is 6. The van der Waals surface area contributed by atoms with E-state index in [1.54, 1.807) is 12.4 Å². The van der Waals surface area contributed by atoms with E-state index in [4.69, 9.17) is 9.72 Å². The number of hydrogen-bond donors (Lipinski definition) is 1. The normalized spacial score (nSPS) is 20.8. The first kappa shape index (κ1) is 18.8. The van der Waals surface area contributed by atoms with Gasteiger partial charge in [-0.05, 0) is 50.3 Å². The second kappa shape index (κ2) is 8.65. The molecule has 28 heavy (non-hydrogen) atoms. The summed E-state index contributed by atoms with van der Waals surface area (Å²) in [5, 5.41) is 3.21. The number of piperidine rings is 1. The lowest BCUT2D eigenvalue weighted by molar-refractivity contribution is -0.139. The van der Waals surface area contributed by atoms with Crippen LogP contribution in [0.25, 0.3) is 0 Å². The number of aryl methyl sites for hydroxylation is 1. The molecular weight excluding hydrogens is 354 g/mol. The van der Waals surface area contributed by atoms with E-state index >= 15 is 0 Å². The monoisotopic (exact) mass is 381 g/mol. The van der Waals surface area contributed by atoms with Gasteiger partial charge in [0.2, 0.25) is 11.9 Å². The van der Waals surface area contributed by atoms with Gasteiger partial charge in [-0.15, -0.1) is 0 Å². The molecule has 1 N–H and O–H groups in total. The Morgan fingerprint density at radius 1 is 1.18 bits per heavy atom. The second-order valence-corrected chi connectivity index (χ2v) is 7.61. The molecular formula is C21H27N5O2. The molecule has 7 heteroatoms. The van der Waals surface area contributed by atoms with Gasteiger partial charge in [-0.2, -0.15) is 0 Å². The Balaban J connectivity index is 1.45. The highest BCUT2D eigenvalue weighted by atomic mass is 16.5. The molecule has 2 aliphatic rings. The van der Waals surface area contributed by atoms with Gasteiger partial charge in [0.15, 0.2) is 0 Å². The number of likely N-dealkylation sites (tertiary alicyclic amines) is 1. The topological polar surface area (TPSA) is 80.2 Å². The number of pyridine rings is 1. The lowest BCUT2D eigenvalue weighted by Gasteiger charge is -2.35. The summed E-state index contributed by atoms with van der Waals surface area (Å²) in [6, 6.07) is 5.87. The van der Waals surface area contributed by atoms with Gasteiger partial charge >= 0.3 is 0 Å². The third-order valence-corrected chi connectivity index (χ3v) is 5.64. The number of aromatic nitrogens is 3. The van der Waals surface area contributed by atoms with Crippen LogP contribution in [0.5, 0.6) is 0 Å². The minimum absolute atomic E-state index is 0.113. The van der Waals surface area contributed by atoms with Crippen molar-refractivity contribution < 1.29 is 9.53 Å². The lowest BCUT2D eigenvalue weighted by atomic mass is 9.92. The van der Waals surface area contributed by atoms with Gasteiger partial charge in [0.05, 0.1) is 5.69 Å². The molecule has 0 aromatic carbocycles. The van der Waals surface area contributed by atoms with E-state index in [2.05, 4.69) is 15.3 Å². The van der Waals surface area contributed by atoms with Crippen LogP contribution in [0.15, 0.2) is 30.6 Å². The molecule has 0 radical (unpaired) electrons. The SMILES string of the molecule is Cc1cccnc1Nc1nccc(C2CCCN(C(=O)C3CCOCC3)C2)n1. The van der Waals surface area contributed by atoms with Crippen molar-refractivity contribution in [3.8, 4) is 0 Å². The van der Waals surface area contributed by atoms with Crippen LogP contribution >= 0.6 is 0 Å². The maximum absolute atomic E-state index is 12.9. The maximum atomic E-state index is 12.9. The van der Waals surface area contributed by atoms with Crippen molar-refractivity contribution in [2.75, 3.05) is 31.6 Å². The Bertz CT molecular complexity index is 822. The minimum atomic E-state index is 0.113. The van der Waals surface area contributed by atoms with Crippen LogP contribution in [0, 0.1) is 12.8 Å². The van der Waals surface area contributed by atoms with Crippen LogP contribution in [0.3, 0.4) is 0 Å². The van der Waals surface area contributed by atoms with Crippen molar-refractivity contribution in [3.63, 3.8) is 0 Å². The summed E-state index contributed by atoms with van der Waals surface area (Å²) in [5.74, 6) is 1.95. The van der Waals surface area contributed by atoms with Crippen molar-refractivity contribution in [2.24, 2.45) is 5.92 Å². The summed E-state index contributed by atoms with van der Waals surface area (Å²) in [7, 11) is 0. The van der Waals surface area contributed by atoms with Crippen molar-refractivity contribution >= 4 is 17.7 Å². The highest BCUT2D eigenvalue weighted by Gasteiger charge is 2.31. The van der Waals surface area contributed by atoms with Gasteiger partial charge in [0, 0.05) is 50.5 Å². The molecule has 4 rings (SSSR count). The van der Waals surface area contributed by atoms with Crippen molar-refractivity contribution in [3.05, 3.63) is 41.9 Å². The van der Waals surface area contributed by atoms with Gasteiger partial charge in [-0.25, -0.2) is 15.0 Å². The minimum Gasteiger partial charge on any atom is -0.381 e. The van der Waals surface area contributed by atoms with Crippen LogP contribution in [-0.4, -0.2) is 52.1 Å². The van der Waals surface area contributed by atoms with Gasteiger partial charge in [0.25, 0.3) is 0 Å². The fourth-order valence-corrected chi connectivity index (χ4v) is 4.00. The molecule has 1 amide bonds. The highest BCUT2D eigenvalue weighted by molar-refractivity contribution is 5.79. The van der Waals surface area contributed by atoms with Gasteiger partial charge in [-0.3, -0.25) is 4.79 Å². The molecule has 4 heterocycles. The predicted molar refractivity (Wildman–Crippen MR) is 106 cm³/mol. The molecule has 1 atom stereocenters. The summed E-state index contributed by atoms with van der Waals surface area (Å²) in [6.45, 7) is 4.97. The molecule has 2 aromatic heterocycles. The number of nitrogens with one attached hydrogen (secondary N) is 1. The molecule has 2 aliphatic heterocycles. The number of nitrogens with zero attached hydrogens (tertiary/aromatic N) is 4. The first-order chi connectivity index (χ1) is 13.7. The van der Waals surface area contributed by atoms with Crippen LogP contribution < -0.4 is 5.32 Å². The molecule has 2 fully saturated rings. The molecule has 0 saturated carbocycles. The number of carbonyl (C=O) groups excluding carboxylic acids is 1. The van der Waals surface area contributed by atoms with E-state index in [0.29, 0.717) is 19.2 Å².